The molecule has 4 heterocycles. The van der Waals surface area contributed by atoms with Crippen LogP contribution >= 0.6 is 11.3 Å². The number of hydrogen-bond donors (Lipinski definition) is 3. The lowest BCUT2D eigenvalue weighted by molar-refractivity contribution is 0.0951. The van der Waals surface area contributed by atoms with Crippen LogP contribution in [0.5, 0.6) is 5.75 Å². The van der Waals surface area contributed by atoms with Gasteiger partial charge in [-0.05, 0) is 59.8 Å². The molecule has 2 atom stereocenters. The molecule has 1 amide bonds. The van der Waals surface area contributed by atoms with Crippen LogP contribution in [0.3, 0.4) is 0 Å². The fraction of sp³-hybridized carbons (Fsp3) is 0.214. The number of thiophene rings is 1. The van der Waals surface area contributed by atoms with Gasteiger partial charge in [0.15, 0.2) is 0 Å². The van der Waals surface area contributed by atoms with Crippen molar-refractivity contribution in [2.75, 3.05) is 18.9 Å². The Morgan fingerprint density at radius 3 is 2.97 bits per heavy atom. The number of ether oxygens (including phenoxy) is 1. The number of hydrogen-bond acceptors (Lipinski definition) is 7. The van der Waals surface area contributed by atoms with E-state index in [0.29, 0.717) is 18.7 Å². The topological polar surface area (TPSA) is 119 Å². The van der Waals surface area contributed by atoms with E-state index in [4.69, 9.17) is 15.5 Å². The average molecular weight is 511 g/mol. The zero-order valence-corrected chi connectivity index (χ0v) is 21.1. The molecule has 2 aromatic carbocycles. The fourth-order valence-electron chi connectivity index (χ4n) is 4.64. The van der Waals surface area contributed by atoms with Crippen LogP contribution in [-0.2, 0) is 6.42 Å². The van der Waals surface area contributed by atoms with E-state index < -0.39 is 0 Å². The van der Waals surface area contributed by atoms with Crippen LogP contribution in [0.25, 0.3) is 22.3 Å². The predicted octanol–water partition coefficient (Wildman–Crippen LogP) is 4.92. The van der Waals surface area contributed by atoms with Crippen LogP contribution in [0.4, 0.5) is 5.95 Å². The molecule has 8 nitrogen and oxygen atoms in total. The zero-order valence-electron chi connectivity index (χ0n) is 20.3. The molecule has 0 saturated carbocycles. The molecule has 1 aliphatic rings. The molecule has 6 rings (SSSR count). The normalized spacial score (nSPS) is 15.6. The van der Waals surface area contributed by atoms with Crippen LogP contribution in [0.1, 0.15) is 45.4 Å². The lowest BCUT2D eigenvalue weighted by atomic mass is 9.94. The number of rotatable bonds is 6. The van der Waals surface area contributed by atoms with Crippen LogP contribution in [0, 0.1) is 0 Å². The Morgan fingerprint density at radius 2 is 2.14 bits per heavy atom. The van der Waals surface area contributed by atoms with E-state index >= 15 is 0 Å². The third-order valence-corrected chi connectivity index (χ3v) is 7.79. The summed E-state index contributed by atoms with van der Waals surface area (Å²) in [5, 5.41) is 5.13. The van der Waals surface area contributed by atoms with Crippen molar-refractivity contribution in [3.05, 3.63) is 88.0 Å². The molecule has 0 fully saturated rings. The molecule has 4 N–H and O–H groups in total. The summed E-state index contributed by atoms with van der Waals surface area (Å²) in [5.41, 5.74) is 10.9. The van der Waals surface area contributed by atoms with Gasteiger partial charge in [0.2, 0.25) is 5.95 Å². The summed E-state index contributed by atoms with van der Waals surface area (Å²) in [6.45, 7) is 3.24. The van der Waals surface area contributed by atoms with Crippen LogP contribution in [-0.4, -0.2) is 39.0 Å². The number of carbonyl (C=O) groups is 1. The summed E-state index contributed by atoms with van der Waals surface area (Å²) < 4.78 is 6.05. The molecule has 2 unspecified atom stereocenters. The number of H-pyrrole nitrogens is 1. The van der Waals surface area contributed by atoms with Crippen molar-refractivity contribution >= 4 is 34.2 Å². The number of fused-ring (bicyclic) bond motifs is 2. The quantitative estimate of drug-likeness (QED) is 0.298. The molecule has 5 aromatic rings. The van der Waals surface area contributed by atoms with Gasteiger partial charge in [-0.15, -0.1) is 11.3 Å². The maximum absolute atomic E-state index is 12.9. The average Bonchev–Trinajstić information content (AvgIpc) is 3.61. The summed E-state index contributed by atoms with van der Waals surface area (Å²) in [4.78, 5) is 30.7. The van der Waals surface area contributed by atoms with Gasteiger partial charge in [0, 0.05) is 34.7 Å². The molecule has 0 bridgehead atoms. The van der Waals surface area contributed by atoms with E-state index in [-0.39, 0.29) is 23.7 Å². The third-order valence-electron chi connectivity index (χ3n) is 6.68. The molecule has 37 heavy (non-hydrogen) atoms. The highest BCUT2D eigenvalue weighted by Crippen LogP contribution is 2.33. The number of imidazole rings is 1. The minimum atomic E-state index is -0.0741. The van der Waals surface area contributed by atoms with Crippen molar-refractivity contribution in [3.8, 4) is 17.0 Å². The number of aromatic nitrogens is 4. The number of benzene rings is 2. The monoisotopic (exact) mass is 510 g/mol. The van der Waals surface area contributed by atoms with Crippen LogP contribution < -0.4 is 15.8 Å². The second-order valence-corrected chi connectivity index (χ2v) is 10.3. The van der Waals surface area contributed by atoms with Gasteiger partial charge in [0.25, 0.3) is 5.91 Å². The minimum Gasteiger partial charge on any atom is -0.493 e. The van der Waals surface area contributed by atoms with Gasteiger partial charge in [-0.1, -0.05) is 19.1 Å². The molecule has 3 aromatic heterocycles. The summed E-state index contributed by atoms with van der Waals surface area (Å²) in [7, 11) is 0. The first-order valence-electron chi connectivity index (χ1n) is 12.2. The summed E-state index contributed by atoms with van der Waals surface area (Å²) in [6.07, 6.45) is 2.38. The van der Waals surface area contributed by atoms with Crippen molar-refractivity contribution in [1.82, 2.24) is 25.3 Å². The molecular weight excluding hydrogens is 484 g/mol. The SMILES string of the molecule is CC(CNC(=O)c1ccc2c(c1)CC(c1nc3cc(-c4ccnc(N)n4)ccc3[nH]1)CO2)c1cccs1. The highest BCUT2D eigenvalue weighted by molar-refractivity contribution is 7.10. The van der Waals surface area contributed by atoms with Crippen molar-refractivity contribution in [2.24, 2.45) is 0 Å². The Labute approximate surface area is 218 Å². The predicted molar refractivity (Wildman–Crippen MR) is 145 cm³/mol. The summed E-state index contributed by atoms with van der Waals surface area (Å²) in [6, 6.07) is 17.6. The molecule has 0 spiro atoms. The Kier molecular flexibility index (Phi) is 6.05. The fourth-order valence-corrected chi connectivity index (χ4v) is 5.43. The lowest BCUT2D eigenvalue weighted by Crippen LogP contribution is -2.28. The lowest BCUT2D eigenvalue weighted by Gasteiger charge is -2.24. The zero-order chi connectivity index (χ0) is 25.4. The number of aromatic amines is 1. The van der Waals surface area contributed by atoms with E-state index in [2.05, 4.69) is 38.6 Å². The summed E-state index contributed by atoms with van der Waals surface area (Å²) in [5.74, 6) is 2.17. The first-order chi connectivity index (χ1) is 18.0. The van der Waals surface area contributed by atoms with Gasteiger partial charge in [-0.3, -0.25) is 4.79 Å². The number of nitrogens with one attached hydrogen (secondary N) is 2. The van der Waals surface area contributed by atoms with Gasteiger partial charge in [-0.25, -0.2) is 15.0 Å². The number of carbonyl (C=O) groups excluding carboxylic acids is 1. The van der Waals surface area contributed by atoms with Gasteiger partial charge < -0.3 is 20.8 Å². The van der Waals surface area contributed by atoms with E-state index in [0.717, 1.165) is 45.8 Å². The van der Waals surface area contributed by atoms with Gasteiger partial charge in [0.05, 0.1) is 29.3 Å². The molecule has 1 aliphatic heterocycles. The Balaban J connectivity index is 1.18. The largest absolute Gasteiger partial charge is 0.493 e. The van der Waals surface area contributed by atoms with E-state index in [1.807, 2.05) is 48.5 Å². The smallest absolute Gasteiger partial charge is 0.251 e. The molecule has 0 radical (unpaired) electrons. The van der Waals surface area contributed by atoms with Crippen molar-refractivity contribution in [2.45, 2.75) is 25.2 Å². The second kappa shape index (κ2) is 9.67. The maximum Gasteiger partial charge on any atom is 0.251 e. The van der Waals surface area contributed by atoms with Crippen molar-refractivity contribution < 1.29 is 9.53 Å². The molecular formula is C28H26N6O2S. The van der Waals surface area contributed by atoms with Crippen LogP contribution in [0.15, 0.2) is 66.2 Å². The molecule has 9 heteroatoms. The first kappa shape index (κ1) is 23.2. The Morgan fingerprint density at radius 1 is 1.22 bits per heavy atom. The number of amides is 1. The standard InChI is InChI=1S/C28H26N6O2S/c1-16(25-3-2-10-37-25)14-31-27(35)18-5-7-24-19(11-18)12-20(15-36-24)26-32-22-6-4-17(13-23(22)33-26)21-8-9-30-28(29)34-21/h2-11,13,16,20H,12,14-15H2,1H3,(H,31,35)(H,32,33)(H2,29,30,34). The number of anilines is 1. The van der Waals surface area contributed by atoms with E-state index in [1.54, 1.807) is 17.5 Å². The van der Waals surface area contributed by atoms with Crippen LogP contribution in [0.2, 0.25) is 0 Å². The highest BCUT2D eigenvalue weighted by Gasteiger charge is 2.25. The third kappa shape index (κ3) is 4.77. The molecule has 0 saturated heterocycles. The van der Waals surface area contributed by atoms with Crippen molar-refractivity contribution in [1.29, 1.82) is 0 Å². The van der Waals surface area contributed by atoms with Gasteiger partial charge in [-0.2, -0.15) is 0 Å². The van der Waals surface area contributed by atoms with E-state index in [9.17, 15) is 4.79 Å². The molecule has 186 valence electrons. The summed E-state index contributed by atoms with van der Waals surface area (Å²) >= 11 is 1.71. The van der Waals surface area contributed by atoms with Gasteiger partial charge in [0.1, 0.15) is 11.6 Å². The van der Waals surface area contributed by atoms with Gasteiger partial charge >= 0.3 is 0 Å². The minimum absolute atomic E-state index is 0.0511. The number of nitrogens with two attached hydrogens (primary N) is 1. The van der Waals surface area contributed by atoms with E-state index in [1.165, 1.54) is 4.88 Å². The number of nitrogens with zero attached hydrogens (tertiary/aromatic N) is 3. The maximum atomic E-state index is 12.9. The second-order valence-electron chi connectivity index (χ2n) is 9.32. The Hall–Kier alpha value is -4.24. The molecule has 0 aliphatic carbocycles. The highest BCUT2D eigenvalue weighted by atomic mass is 32.1. The van der Waals surface area contributed by atoms with Crippen molar-refractivity contribution in [3.63, 3.8) is 0 Å². The first-order valence-corrected chi connectivity index (χ1v) is 13.1. The number of nitrogen functional groups attached to an aromatic ring is 1. The Bertz CT molecular complexity index is 1580.